The van der Waals surface area contributed by atoms with Crippen molar-refractivity contribution in [1.82, 2.24) is 14.8 Å². The second kappa shape index (κ2) is 4.86. The van der Waals surface area contributed by atoms with Crippen LogP contribution in [0, 0.1) is 12.7 Å². The van der Waals surface area contributed by atoms with Crippen molar-refractivity contribution in [3.05, 3.63) is 46.3 Å². The maximum atomic E-state index is 14.1. The number of aromatic nitrogens is 3. The van der Waals surface area contributed by atoms with Gasteiger partial charge in [0.25, 0.3) is 0 Å². The zero-order valence-corrected chi connectivity index (χ0v) is 11.0. The maximum absolute atomic E-state index is 14.1. The first-order valence-electron chi connectivity index (χ1n) is 5.31. The summed E-state index contributed by atoms with van der Waals surface area (Å²) < 4.78 is 15.7. The van der Waals surface area contributed by atoms with E-state index in [0.29, 0.717) is 16.8 Å². The Morgan fingerprint density at radius 2 is 2.17 bits per heavy atom. The third-order valence-electron chi connectivity index (χ3n) is 2.61. The van der Waals surface area contributed by atoms with Crippen LogP contribution in [-0.4, -0.2) is 27.5 Å². The molecule has 0 atom stereocenters. The van der Waals surface area contributed by atoms with Crippen molar-refractivity contribution in [2.75, 3.05) is 7.05 Å². The highest BCUT2D eigenvalue weighted by Crippen LogP contribution is 2.22. The number of aryl methyl sites for hydroxylation is 2. The zero-order valence-electron chi connectivity index (χ0n) is 10.3. The number of rotatable bonds is 2. The van der Waals surface area contributed by atoms with E-state index in [0.717, 1.165) is 5.56 Å². The molecular formula is C12H12ClFN4. The van der Waals surface area contributed by atoms with Crippen LogP contribution >= 0.6 is 11.6 Å². The number of aliphatic imine (C=N–C) groups is 1. The molecule has 0 fully saturated rings. The molecule has 0 aliphatic rings. The Morgan fingerprint density at radius 3 is 2.72 bits per heavy atom. The van der Waals surface area contributed by atoms with Gasteiger partial charge >= 0.3 is 0 Å². The first kappa shape index (κ1) is 12.7. The van der Waals surface area contributed by atoms with Crippen LogP contribution in [0.2, 0.25) is 5.15 Å². The summed E-state index contributed by atoms with van der Waals surface area (Å²) in [4.78, 5) is 7.91. The second-order valence-corrected chi connectivity index (χ2v) is 4.25. The Labute approximate surface area is 109 Å². The van der Waals surface area contributed by atoms with Crippen LogP contribution in [0.1, 0.15) is 16.7 Å². The molecule has 0 saturated heterocycles. The largest absolute Gasteiger partial charge is 0.287 e. The Bertz CT molecular complexity index is 619. The van der Waals surface area contributed by atoms with Gasteiger partial charge in [-0.05, 0) is 12.5 Å². The van der Waals surface area contributed by atoms with Gasteiger partial charge in [-0.15, -0.1) is 0 Å². The van der Waals surface area contributed by atoms with Crippen molar-refractivity contribution in [2.45, 2.75) is 6.92 Å². The normalized spacial score (nSPS) is 11.9. The van der Waals surface area contributed by atoms with E-state index in [9.17, 15) is 4.39 Å². The minimum Gasteiger partial charge on any atom is -0.287 e. The first-order valence-corrected chi connectivity index (χ1v) is 5.69. The van der Waals surface area contributed by atoms with Gasteiger partial charge in [0.05, 0.1) is 11.9 Å². The summed E-state index contributed by atoms with van der Waals surface area (Å²) in [7, 11) is 3.40. The minimum atomic E-state index is -0.555. The fraction of sp³-hybridized carbons (Fsp3) is 0.250. The second-order valence-electron chi connectivity index (χ2n) is 3.90. The average molecular weight is 267 g/mol. The molecule has 6 heteroatoms. The Kier molecular flexibility index (Phi) is 3.43. The highest BCUT2D eigenvalue weighted by molar-refractivity contribution is 6.30. The van der Waals surface area contributed by atoms with Crippen LogP contribution in [0.25, 0.3) is 0 Å². The molecule has 0 radical (unpaired) electrons. The van der Waals surface area contributed by atoms with E-state index in [1.54, 1.807) is 38.1 Å². The number of pyridine rings is 1. The highest BCUT2D eigenvalue weighted by atomic mass is 35.5. The van der Waals surface area contributed by atoms with Crippen molar-refractivity contribution in [2.24, 2.45) is 12.0 Å². The molecule has 0 aliphatic carbocycles. The van der Waals surface area contributed by atoms with Crippen LogP contribution in [-0.2, 0) is 7.05 Å². The fourth-order valence-electron chi connectivity index (χ4n) is 1.77. The van der Waals surface area contributed by atoms with E-state index >= 15 is 0 Å². The molecule has 2 aromatic rings. The summed E-state index contributed by atoms with van der Waals surface area (Å²) in [5, 5.41) is 3.91. The summed E-state index contributed by atoms with van der Waals surface area (Å²) in [6, 6.07) is 0. The van der Waals surface area contributed by atoms with Crippen molar-refractivity contribution in [1.29, 1.82) is 0 Å². The summed E-state index contributed by atoms with van der Waals surface area (Å²) in [5.41, 5.74) is 2.30. The van der Waals surface area contributed by atoms with Gasteiger partial charge in [-0.1, -0.05) is 11.6 Å². The van der Waals surface area contributed by atoms with Crippen LogP contribution < -0.4 is 0 Å². The monoisotopic (exact) mass is 266 g/mol. The van der Waals surface area contributed by atoms with Gasteiger partial charge in [0.15, 0.2) is 11.0 Å². The molecule has 0 amide bonds. The standard InChI is InChI=1S/C12H12ClFN4/c1-7-4-16-12(13)10(14)9(7)11(15-2)8-5-17-18(3)6-8/h4-6H,1-3H3. The lowest BCUT2D eigenvalue weighted by Gasteiger charge is -2.09. The molecule has 0 aliphatic heterocycles. The predicted octanol–water partition coefficient (Wildman–Crippen LogP) is 2.38. The summed E-state index contributed by atoms with van der Waals surface area (Å²) in [6.45, 7) is 1.77. The quantitative estimate of drug-likeness (QED) is 0.619. The fourth-order valence-corrected chi connectivity index (χ4v) is 1.91. The Morgan fingerprint density at radius 1 is 1.44 bits per heavy atom. The summed E-state index contributed by atoms with van der Waals surface area (Å²) in [5.74, 6) is -0.555. The van der Waals surface area contributed by atoms with Gasteiger partial charge < -0.3 is 0 Å². The highest BCUT2D eigenvalue weighted by Gasteiger charge is 2.18. The molecule has 0 unspecified atom stereocenters. The predicted molar refractivity (Wildman–Crippen MR) is 68.7 cm³/mol. The van der Waals surface area contributed by atoms with Crippen molar-refractivity contribution < 1.29 is 4.39 Å². The van der Waals surface area contributed by atoms with E-state index in [-0.39, 0.29) is 5.15 Å². The van der Waals surface area contributed by atoms with Crippen molar-refractivity contribution in [3.8, 4) is 0 Å². The molecule has 0 bridgehead atoms. The Hall–Kier alpha value is -1.75. The first-order chi connectivity index (χ1) is 8.54. The van der Waals surface area contributed by atoms with E-state index < -0.39 is 5.82 Å². The molecule has 94 valence electrons. The van der Waals surface area contributed by atoms with Crippen molar-refractivity contribution >= 4 is 17.3 Å². The summed E-state index contributed by atoms with van der Waals surface area (Å²) in [6.07, 6.45) is 4.94. The molecule has 18 heavy (non-hydrogen) atoms. The van der Waals surface area contributed by atoms with Crippen LogP contribution in [0.3, 0.4) is 0 Å². The molecular weight excluding hydrogens is 255 g/mol. The van der Waals surface area contributed by atoms with Gasteiger partial charge in [-0.3, -0.25) is 9.67 Å². The summed E-state index contributed by atoms with van der Waals surface area (Å²) >= 11 is 5.72. The Balaban J connectivity index is 2.63. The molecule has 0 saturated carbocycles. The third kappa shape index (κ3) is 2.13. The number of hydrogen-bond acceptors (Lipinski definition) is 3. The van der Waals surface area contributed by atoms with E-state index in [1.165, 1.54) is 6.20 Å². The molecule has 2 heterocycles. The molecule has 0 N–H and O–H groups in total. The zero-order chi connectivity index (χ0) is 13.3. The van der Waals surface area contributed by atoms with E-state index in [4.69, 9.17) is 11.6 Å². The van der Waals surface area contributed by atoms with Gasteiger partial charge in [0, 0.05) is 37.6 Å². The topological polar surface area (TPSA) is 43.1 Å². The SMILES string of the molecule is CN=C(c1cnn(C)c1)c1c(C)cnc(Cl)c1F. The average Bonchev–Trinajstić information content (AvgIpc) is 2.76. The van der Waals surface area contributed by atoms with E-state index in [1.807, 2.05) is 0 Å². The number of hydrogen-bond donors (Lipinski definition) is 0. The molecule has 2 aromatic heterocycles. The number of halogens is 2. The number of nitrogens with zero attached hydrogens (tertiary/aromatic N) is 4. The molecule has 4 nitrogen and oxygen atoms in total. The van der Waals surface area contributed by atoms with Crippen LogP contribution in [0.15, 0.2) is 23.6 Å². The lowest BCUT2D eigenvalue weighted by Crippen LogP contribution is -2.09. The lowest BCUT2D eigenvalue weighted by atomic mass is 10.0. The lowest BCUT2D eigenvalue weighted by molar-refractivity contribution is 0.617. The minimum absolute atomic E-state index is 0.152. The van der Waals surface area contributed by atoms with Gasteiger partial charge in [0.1, 0.15) is 0 Å². The van der Waals surface area contributed by atoms with Crippen LogP contribution in [0.5, 0.6) is 0 Å². The van der Waals surface area contributed by atoms with Crippen molar-refractivity contribution in [3.63, 3.8) is 0 Å². The molecule has 0 spiro atoms. The maximum Gasteiger partial charge on any atom is 0.170 e. The van der Waals surface area contributed by atoms with Gasteiger partial charge in [0.2, 0.25) is 0 Å². The third-order valence-corrected chi connectivity index (χ3v) is 2.87. The van der Waals surface area contributed by atoms with Crippen LogP contribution in [0.4, 0.5) is 4.39 Å². The molecule has 0 aromatic carbocycles. The smallest absolute Gasteiger partial charge is 0.170 e. The van der Waals surface area contributed by atoms with Gasteiger partial charge in [-0.25, -0.2) is 9.37 Å². The van der Waals surface area contributed by atoms with E-state index in [2.05, 4.69) is 15.1 Å². The van der Waals surface area contributed by atoms with Gasteiger partial charge in [-0.2, -0.15) is 5.10 Å². The molecule has 2 rings (SSSR count).